The third kappa shape index (κ3) is 5.69. The molecule has 1 atom stereocenters. The van der Waals surface area contributed by atoms with Crippen molar-refractivity contribution in [3.8, 4) is 5.75 Å². The Morgan fingerprint density at radius 3 is 2.41 bits per heavy atom. The molecule has 1 N–H and O–H groups in total. The number of carbonyl (C=O) groups excluding carboxylic acids is 1. The van der Waals surface area contributed by atoms with Crippen LogP contribution in [0.25, 0.3) is 0 Å². The number of hydrogen-bond donors (Lipinski definition) is 1. The largest absolute Gasteiger partial charge is 0.481 e. The van der Waals surface area contributed by atoms with Crippen molar-refractivity contribution in [2.75, 3.05) is 44.2 Å². The average molecular weight is 371 g/mol. The number of piperazine rings is 1. The molecule has 3 rings (SSSR count). The summed E-state index contributed by atoms with van der Waals surface area (Å²) in [5, 5.41) is 2.94. The molecule has 0 spiro atoms. The van der Waals surface area contributed by atoms with Crippen LogP contribution in [0.2, 0.25) is 0 Å². The fraction of sp³-hybridized carbons (Fsp3) is 0.381. The number of nitrogens with zero attached hydrogens (tertiary/aromatic N) is 2. The van der Waals surface area contributed by atoms with Gasteiger partial charge in [-0.2, -0.15) is 0 Å². The molecule has 0 aliphatic carbocycles. The molecule has 1 aliphatic rings. The van der Waals surface area contributed by atoms with Crippen LogP contribution >= 0.6 is 0 Å². The number of benzene rings is 2. The number of ether oxygens (including phenoxy) is 1. The van der Waals surface area contributed by atoms with E-state index >= 15 is 0 Å². The molecule has 1 amide bonds. The highest BCUT2D eigenvalue weighted by molar-refractivity contribution is 5.80. The lowest BCUT2D eigenvalue weighted by Crippen LogP contribution is -2.49. The zero-order valence-electron chi connectivity index (χ0n) is 15.6. The molecular weight excluding hydrogens is 345 g/mol. The van der Waals surface area contributed by atoms with Crippen LogP contribution in [0.5, 0.6) is 5.75 Å². The lowest BCUT2D eigenvalue weighted by atomic mass is 10.2. The van der Waals surface area contributed by atoms with Crippen LogP contribution in [0.1, 0.15) is 6.92 Å². The second kappa shape index (κ2) is 9.37. The summed E-state index contributed by atoms with van der Waals surface area (Å²) in [6.07, 6.45) is -0.525. The molecule has 1 saturated heterocycles. The number of nitrogens with one attached hydrogen (secondary N) is 1. The van der Waals surface area contributed by atoms with E-state index in [1.807, 2.05) is 42.5 Å². The van der Waals surface area contributed by atoms with E-state index in [9.17, 15) is 9.18 Å². The van der Waals surface area contributed by atoms with E-state index in [0.717, 1.165) is 38.4 Å². The number of halogens is 1. The van der Waals surface area contributed by atoms with E-state index < -0.39 is 6.10 Å². The van der Waals surface area contributed by atoms with E-state index in [4.69, 9.17) is 4.74 Å². The number of para-hydroxylation sites is 1. The van der Waals surface area contributed by atoms with Gasteiger partial charge < -0.3 is 15.0 Å². The zero-order valence-corrected chi connectivity index (χ0v) is 15.6. The van der Waals surface area contributed by atoms with Gasteiger partial charge in [-0.3, -0.25) is 9.69 Å². The van der Waals surface area contributed by atoms with Crippen molar-refractivity contribution in [1.82, 2.24) is 10.2 Å². The van der Waals surface area contributed by atoms with Crippen LogP contribution < -0.4 is 15.0 Å². The lowest BCUT2D eigenvalue weighted by molar-refractivity contribution is -0.127. The molecule has 1 aliphatic heterocycles. The highest BCUT2D eigenvalue weighted by Gasteiger charge is 2.18. The monoisotopic (exact) mass is 371 g/mol. The second-order valence-electron chi connectivity index (χ2n) is 6.67. The van der Waals surface area contributed by atoms with E-state index in [1.54, 1.807) is 6.92 Å². The van der Waals surface area contributed by atoms with Gasteiger partial charge in [0.2, 0.25) is 0 Å². The summed E-state index contributed by atoms with van der Waals surface area (Å²) in [4.78, 5) is 16.7. The maximum Gasteiger partial charge on any atom is 0.260 e. The van der Waals surface area contributed by atoms with Gasteiger partial charge in [-0.15, -0.1) is 0 Å². The SMILES string of the molecule is CC(Oc1ccccc1)C(=O)NCCN1CCN(c2ccc(F)cc2)CC1. The van der Waals surface area contributed by atoms with Crippen LogP contribution in [-0.4, -0.2) is 56.2 Å². The van der Waals surface area contributed by atoms with Crippen LogP contribution in [0.4, 0.5) is 10.1 Å². The minimum atomic E-state index is -0.525. The van der Waals surface area contributed by atoms with E-state index in [-0.39, 0.29) is 11.7 Å². The Balaban J connectivity index is 1.35. The lowest BCUT2D eigenvalue weighted by Gasteiger charge is -2.36. The van der Waals surface area contributed by atoms with Gasteiger partial charge in [-0.05, 0) is 43.3 Å². The number of rotatable bonds is 7. The van der Waals surface area contributed by atoms with Gasteiger partial charge >= 0.3 is 0 Å². The Bertz CT molecular complexity index is 716. The third-order valence-corrected chi connectivity index (χ3v) is 4.72. The molecule has 0 radical (unpaired) electrons. The van der Waals surface area contributed by atoms with Gasteiger partial charge in [0.1, 0.15) is 11.6 Å². The van der Waals surface area contributed by atoms with Gasteiger partial charge in [-0.25, -0.2) is 4.39 Å². The van der Waals surface area contributed by atoms with E-state index in [0.29, 0.717) is 12.3 Å². The summed E-state index contributed by atoms with van der Waals surface area (Å²) < 4.78 is 18.7. The first kappa shape index (κ1) is 19.2. The van der Waals surface area contributed by atoms with Gasteiger partial charge in [0.05, 0.1) is 0 Å². The summed E-state index contributed by atoms with van der Waals surface area (Å²) in [5.41, 5.74) is 1.05. The minimum Gasteiger partial charge on any atom is -0.481 e. The quantitative estimate of drug-likeness (QED) is 0.812. The van der Waals surface area contributed by atoms with Gasteiger partial charge in [0, 0.05) is 45.0 Å². The first-order valence-electron chi connectivity index (χ1n) is 9.34. The van der Waals surface area contributed by atoms with Gasteiger partial charge in [-0.1, -0.05) is 18.2 Å². The smallest absolute Gasteiger partial charge is 0.260 e. The maximum absolute atomic E-state index is 13.0. The summed E-state index contributed by atoms with van der Waals surface area (Å²) in [7, 11) is 0. The van der Waals surface area contributed by atoms with Gasteiger partial charge in [0.25, 0.3) is 5.91 Å². The molecular formula is C21H26FN3O2. The molecule has 1 unspecified atom stereocenters. The molecule has 2 aromatic rings. The minimum absolute atomic E-state index is 0.108. The van der Waals surface area contributed by atoms with Crippen molar-refractivity contribution in [2.45, 2.75) is 13.0 Å². The fourth-order valence-electron chi connectivity index (χ4n) is 3.12. The predicted molar refractivity (Wildman–Crippen MR) is 105 cm³/mol. The topological polar surface area (TPSA) is 44.8 Å². The van der Waals surface area contributed by atoms with Crippen molar-refractivity contribution < 1.29 is 13.9 Å². The van der Waals surface area contributed by atoms with Crippen LogP contribution in [0.3, 0.4) is 0 Å². The number of hydrogen-bond acceptors (Lipinski definition) is 4. The Morgan fingerprint density at radius 1 is 1.07 bits per heavy atom. The first-order valence-corrected chi connectivity index (χ1v) is 9.34. The van der Waals surface area contributed by atoms with E-state index in [1.165, 1.54) is 12.1 Å². The average Bonchev–Trinajstić information content (AvgIpc) is 2.70. The number of anilines is 1. The third-order valence-electron chi connectivity index (χ3n) is 4.72. The molecule has 0 aromatic heterocycles. The molecule has 2 aromatic carbocycles. The highest BCUT2D eigenvalue weighted by atomic mass is 19.1. The molecule has 0 bridgehead atoms. The van der Waals surface area contributed by atoms with Crippen LogP contribution in [-0.2, 0) is 4.79 Å². The Morgan fingerprint density at radius 2 is 1.74 bits per heavy atom. The molecule has 5 nitrogen and oxygen atoms in total. The van der Waals surface area contributed by atoms with Gasteiger partial charge in [0.15, 0.2) is 6.10 Å². The number of amides is 1. The van der Waals surface area contributed by atoms with Crippen molar-refractivity contribution in [3.63, 3.8) is 0 Å². The molecule has 1 fully saturated rings. The summed E-state index contributed by atoms with van der Waals surface area (Å²) in [5.74, 6) is 0.375. The normalized spacial score (nSPS) is 16.0. The summed E-state index contributed by atoms with van der Waals surface area (Å²) in [6, 6.07) is 16.0. The fourth-order valence-corrected chi connectivity index (χ4v) is 3.12. The molecule has 0 saturated carbocycles. The Kier molecular flexibility index (Phi) is 6.65. The standard InChI is InChI=1S/C21H26FN3O2/c1-17(27-20-5-3-2-4-6-20)21(26)23-11-12-24-13-15-25(16-14-24)19-9-7-18(22)8-10-19/h2-10,17H,11-16H2,1H3,(H,23,26). The van der Waals surface area contributed by atoms with Crippen molar-refractivity contribution in [3.05, 3.63) is 60.4 Å². The number of carbonyl (C=O) groups is 1. The molecule has 27 heavy (non-hydrogen) atoms. The van der Waals surface area contributed by atoms with Crippen LogP contribution in [0.15, 0.2) is 54.6 Å². The Hall–Kier alpha value is -2.60. The summed E-state index contributed by atoms with van der Waals surface area (Å²) >= 11 is 0. The molecule has 144 valence electrons. The van der Waals surface area contributed by atoms with E-state index in [2.05, 4.69) is 15.1 Å². The Labute approximate surface area is 159 Å². The summed E-state index contributed by atoms with van der Waals surface area (Å²) in [6.45, 7) is 6.79. The zero-order chi connectivity index (χ0) is 19.1. The second-order valence-corrected chi connectivity index (χ2v) is 6.67. The van der Waals surface area contributed by atoms with Crippen LogP contribution in [0, 0.1) is 5.82 Å². The van der Waals surface area contributed by atoms with Crippen molar-refractivity contribution in [2.24, 2.45) is 0 Å². The highest BCUT2D eigenvalue weighted by Crippen LogP contribution is 2.16. The first-order chi connectivity index (χ1) is 13.1. The molecule has 1 heterocycles. The van der Waals surface area contributed by atoms with Crippen molar-refractivity contribution in [1.29, 1.82) is 0 Å². The predicted octanol–water partition coefficient (Wildman–Crippen LogP) is 2.53. The maximum atomic E-state index is 13.0. The van der Waals surface area contributed by atoms with Crippen molar-refractivity contribution >= 4 is 11.6 Å². The molecule has 6 heteroatoms.